The first-order valence-corrected chi connectivity index (χ1v) is 8.79. The maximum atomic E-state index is 12.9. The second kappa shape index (κ2) is 7.02. The number of aliphatic hydroxyl groups excluding tert-OH is 1. The van der Waals surface area contributed by atoms with E-state index in [1.165, 1.54) is 5.56 Å². The summed E-state index contributed by atoms with van der Waals surface area (Å²) < 4.78 is 0. The summed E-state index contributed by atoms with van der Waals surface area (Å²) in [6.07, 6.45) is 4.03. The van der Waals surface area contributed by atoms with Crippen LogP contribution in [0.1, 0.15) is 37.3 Å². The van der Waals surface area contributed by atoms with Crippen LogP contribution < -0.4 is 5.32 Å². The van der Waals surface area contributed by atoms with Gasteiger partial charge in [-0.05, 0) is 55.8 Å². The Labute approximate surface area is 138 Å². The van der Waals surface area contributed by atoms with Crippen LogP contribution in [0.4, 0.5) is 0 Å². The van der Waals surface area contributed by atoms with E-state index in [0.29, 0.717) is 11.8 Å². The maximum Gasteiger partial charge on any atom is 0.228 e. The number of rotatable bonds is 4. The van der Waals surface area contributed by atoms with E-state index in [2.05, 4.69) is 29.3 Å². The Morgan fingerprint density at radius 1 is 1.26 bits per heavy atom. The molecule has 23 heavy (non-hydrogen) atoms. The highest BCUT2D eigenvalue weighted by Crippen LogP contribution is 2.33. The fourth-order valence-corrected chi connectivity index (χ4v) is 3.87. The summed E-state index contributed by atoms with van der Waals surface area (Å²) in [5.41, 5.74) is 2.09. The average molecular weight is 316 g/mol. The standard InChI is InChI=1S/C19H28N2O2/c1-19(7-9-20-10-8-19)18(23)21-11-6-17(13-21)12-15-2-4-16(14-22)5-3-15/h2-5,17,20,22H,6-14H2,1H3. The van der Waals surface area contributed by atoms with Gasteiger partial charge in [0.15, 0.2) is 0 Å². The van der Waals surface area contributed by atoms with E-state index in [1.54, 1.807) is 0 Å². The lowest BCUT2D eigenvalue weighted by atomic mass is 9.79. The molecule has 1 aromatic rings. The van der Waals surface area contributed by atoms with Gasteiger partial charge in [0.1, 0.15) is 0 Å². The highest BCUT2D eigenvalue weighted by atomic mass is 16.3. The van der Waals surface area contributed by atoms with E-state index in [9.17, 15) is 4.79 Å². The van der Waals surface area contributed by atoms with E-state index in [1.807, 2.05) is 12.1 Å². The van der Waals surface area contributed by atoms with Crippen molar-refractivity contribution in [3.63, 3.8) is 0 Å². The molecule has 0 aliphatic carbocycles. The fourth-order valence-electron chi connectivity index (χ4n) is 3.87. The molecule has 1 atom stereocenters. The van der Waals surface area contributed by atoms with Crippen LogP contribution in [0, 0.1) is 11.3 Å². The van der Waals surface area contributed by atoms with Gasteiger partial charge in [-0.25, -0.2) is 0 Å². The molecule has 2 heterocycles. The lowest BCUT2D eigenvalue weighted by Gasteiger charge is -2.36. The van der Waals surface area contributed by atoms with Crippen LogP contribution in [0.25, 0.3) is 0 Å². The highest BCUT2D eigenvalue weighted by molar-refractivity contribution is 5.82. The van der Waals surface area contributed by atoms with Crippen molar-refractivity contribution in [2.24, 2.45) is 11.3 Å². The first-order chi connectivity index (χ1) is 11.1. The summed E-state index contributed by atoms with van der Waals surface area (Å²) >= 11 is 0. The third kappa shape index (κ3) is 3.75. The third-order valence-electron chi connectivity index (χ3n) is 5.53. The molecule has 2 aliphatic rings. The second-order valence-electron chi connectivity index (χ2n) is 7.40. The van der Waals surface area contributed by atoms with Crippen molar-refractivity contribution in [3.8, 4) is 0 Å². The molecule has 1 unspecified atom stereocenters. The predicted octanol–water partition coefficient (Wildman–Crippen LogP) is 1.96. The van der Waals surface area contributed by atoms with Gasteiger partial charge in [-0.2, -0.15) is 0 Å². The van der Waals surface area contributed by atoms with Gasteiger partial charge in [-0.3, -0.25) is 4.79 Å². The molecule has 0 aromatic heterocycles. The van der Waals surface area contributed by atoms with Crippen LogP contribution in [-0.4, -0.2) is 42.1 Å². The molecule has 4 heteroatoms. The van der Waals surface area contributed by atoms with Crippen molar-refractivity contribution in [1.29, 1.82) is 0 Å². The van der Waals surface area contributed by atoms with Crippen LogP contribution in [0.3, 0.4) is 0 Å². The van der Waals surface area contributed by atoms with Gasteiger partial charge in [0.25, 0.3) is 0 Å². The number of hydrogen-bond donors (Lipinski definition) is 2. The van der Waals surface area contributed by atoms with Crippen LogP contribution >= 0.6 is 0 Å². The maximum absolute atomic E-state index is 12.9. The number of likely N-dealkylation sites (tertiary alicyclic amines) is 1. The number of carbonyl (C=O) groups is 1. The fraction of sp³-hybridized carbons (Fsp3) is 0.632. The van der Waals surface area contributed by atoms with E-state index in [-0.39, 0.29) is 12.0 Å². The number of nitrogens with zero attached hydrogens (tertiary/aromatic N) is 1. The zero-order valence-electron chi connectivity index (χ0n) is 14.1. The highest BCUT2D eigenvalue weighted by Gasteiger charge is 2.39. The topological polar surface area (TPSA) is 52.6 Å². The molecule has 126 valence electrons. The Kier molecular flexibility index (Phi) is 5.02. The van der Waals surface area contributed by atoms with Gasteiger partial charge in [-0.1, -0.05) is 31.2 Å². The van der Waals surface area contributed by atoms with E-state index >= 15 is 0 Å². The molecule has 2 fully saturated rings. The molecule has 1 aromatic carbocycles. The largest absolute Gasteiger partial charge is 0.392 e. The third-order valence-corrected chi connectivity index (χ3v) is 5.53. The quantitative estimate of drug-likeness (QED) is 0.893. The van der Waals surface area contributed by atoms with E-state index in [4.69, 9.17) is 5.11 Å². The van der Waals surface area contributed by atoms with E-state index < -0.39 is 0 Å². The number of nitrogens with one attached hydrogen (secondary N) is 1. The molecular formula is C19H28N2O2. The summed E-state index contributed by atoms with van der Waals surface area (Å²) in [6, 6.07) is 8.18. The van der Waals surface area contributed by atoms with Gasteiger partial charge in [0, 0.05) is 18.5 Å². The molecule has 1 amide bonds. The minimum Gasteiger partial charge on any atom is -0.392 e. The number of benzene rings is 1. The number of piperidine rings is 1. The minimum atomic E-state index is -0.164. The molecule has 2 aliphatic heterocycles. The van der Waals surface area contributed by atoms with Crippen molar-refractivity contribution in [1.82, 2.24) is 10.2 Å². The smallest absolute Gasteiger partial charge is 0.228 e. The summed E-state index contributed by atoms with van der Waals surface area (Å²) in [4.78, 5) is 15.0. The van der Waals surface area contributed by atoms with Crippen LogP contribution in [0.2, 0.25) is 0 Å². The SMILES string of the molecule is CC1(C(=O)N2CCC(Cc3ccc(CO)cc3)C2)CCNCC1. The molecule has 0 bridgehead atoms. The second-order valence-corrected chi connectivity index (χ2v) is 7.40. The zero-order valence-corrected chi connectivity index (χ0v) is 14.1. The molecule has 0 spiro atoms. The molecule has 0 saturated carbocycles. The normalized spacial score (nSPS) is 23.9. The Morgan fingerprint density at radius 2 is 1.91 bits per heavy atom. The Bertz CT molecular complexity index is 535. The Hall–Kier alpha value is -1.39. The number of carbonyl (C=O) groups excluding carboxylic acids is 1. The van der Waals surface area contributed by atoms with Crippen LogP contribution in [-0.2, 0) is 17.8 Å². The molecule has 3 rings (SSSR count). The van der Waals surface area contributed by atoms with Crippen molar-refractivity contribution in [2.45, 2.75) is 39.2 Å². The number of aliphatic hydroxyl groups is 1. The summed E-state index contributed by atoms with van der Waals surface area (Å²) in [7, 11) is 0. The lowest BCUT2D eigenvalue weighted by Crippen LogP contribution is -2.47. The van der Waals surface area contributed by atoms with E-state index in [0.717, 1.165) is 57.4 Å². The average Bonchev–Trinajstić information content (AvgIpc) is 3.04. The van der Waals surface area contributed by atoms with Gasteiger partial charge >= 0.3 is 0 Å². The lowest BCUT2D eigenvalue weighted by molar-refractivity contribution is -0.141. The van der Waals surface area contributed by atoms with Crippen molar-refractivity contribution >= 4 is 5.91 Å². The molecular weight excluding hydrogens is 288 g/mol. The van der Waals surface area contributed by atoms with Crippen LogP contribution in [0.15, 0.2) is 24.3 Å². The van der Waals surface area contributed by atoms with Crippen molar-refractivity contribution in [3.05, 3.63) is 35.4 Å². The van der Waals surface area contributed by atoms with Gasteiger partial charge in [0.2, 0.25) is 5.91 Å². The Morgan fingerprint density at radius 3 is 2.57 bits per heavy atom. The van der Waals surface area contributed by atoms with Gasteiger partial charge < -0.3 is 15.3 Å². The molecule has 0 radical (unpaired) electrons. The monoisotopic (exact) mass is 316 g/mol. The number of hydrogen-bond acceptors (Lipinski definition) is 3. The van der Waals surface area contributed by atoms with Crippen molar-refractivity contribution in [2.75, 3.05) is 26.2 Å². The summed E-state index contributed by atoms with van der Waals surface area (Å²) in [5.74, 6) is 0.918. The number of amides is 1. The summed E-state index contributed by atoms with van der Waals surface area (Å²) in [5, 5.41) is 12.5. The van der Waals surface area contributed by atoms with Gasteiger partial charge in [0.05, 0.1) is 6.61 Å². The summed E-state index contributed by atoms with van der Waals surface area (Å²) in [6.45, 7) is 5.94. The zero-order chi connectivity index (χ0) is 16.3. The molecule has 4 nitrogen and oxygen atoms in total. The first kappa shape index (κ1) is 16.5. The van der Waals surface area contributed by atoms with Crippen molar-refractivity contribution < 1.29 is 9.90 Å². The predicted molar refractivity (Wildman–Crippen MR) is 91.0 cm³/mol. The molecule has 2 saturated heterocycles. The van der Waals surface area contributed by atoms with Crippen LogP contribution in [0.5, 0.6) is 0 Å². The first-order valence-electron chi connectivity index (χ1n) is 8.79. The Balaban J connectivity index is 1.56. The minimum absolute atomic E-state index is 0.0967. The van der Waals surface area contributed by atoms with Gasteiger partial charge in [-0.15, -0.1) is 0 Å². The molecule has 2 N–H and O–H groups in total.